The molecule has 4 amide bonds. The van der Waals surface area contributed by atoms with Crippen LogP contribution in [-0.4, -0.2) is 90.5 Å². The molecule has 1 aliphatic heterocycles. The van der Waals surface area contributed by atoms with Crippen LogP contribution in [0.15, 0.2) is 0 Å². The summed E-state index contributed by atoms with van der Waals surface area (Å²) in [4.78, 5) is 62.3. The van der Waals surface area contributed by atoms with Gasteiger partial charge in [-0.2, -0.15) is 0 Å². The number of amides is 4. The van der Waals surface area contributed by atoms with E-state index < -0.39 is 6.04 Å². The summed E-state index contributed by atoms with van der Waals surface area (Å²) in [6.07, 6.45) is 2.86. The molecular weight excluding hydrogens is 456 g/mol. The standard InChI is InChI=1S/C20H34N4O5S.2C2H6/c1-14(25)12-15(19(28)22-10-9-21-2)23(3)17(26)8-6-5-7-11-30-16-13-18(27)24(4)20(16)29;2*1-2/h15-16,21H,5-13H2,1-4H3,(H,22,28);2*1-2H3/t15-,16?;;/m0../s1. The molecule has 0 aromatic carbocycles. The lowest BCUT2D eigenvalue weighted by atomic mass is 10.1. The summed E-state index contributed by atoms with van der Waals surface area (Å²) in [5.41, 5.74) is 0. The van der Waals surface area contributed by atoms with Crippen molar-refractivity contribution in [3.8, 4) is 0 Å². The molecule has 0 bridgehead atoms. The molecule has 0 spiro atoms. The molecule has 1 saturated heterocycles. The summed E-state index contributed by atoms with van der Waals surface area (Å²) in [6.45, 7) is 10.4. The lowest BCUT2D eigenvalue weighted by Crippen LogP contribution is -2.49. The smallest absolute Gasteiger partial charge is 0.243 e. The number of hydrogen-bond donors (Lipinski definition) is 2. The summed E-state index contributed by atoms with van der Waals surface area (Å²) in [5.74, 6) is -0.162. The Balaban J connectivity index is 0. The highest BCUT2D eigenvalue weighted by Crippen LogP contribution is 2.25. The quantitative estimate of drug-likeness (QED) is 0.276. The van der Waals surface area contributed by atoms with Crippen molar-refractivity contribution in [2.24, 2.45) is 0 Å². The third-order valence-corrected chi connectivity index (χ3v) is 6.31. The zero-order valence-electron chi connectivity index (χ0n) is 22.4. The van der Waals surface area contributed by atoms with Gasteiger partial charge in [0.25, 0.3) is 0 Å². The predicted octanol–water partition coefficient (Wildman–Crippen LogP) is 2.23. The number of nitrogens with zero attached hydrogens (tertiary/aromatic N) is 2. The van der Waals surface area contributed by atoms with Crippen LogP contribution < -0.4 is 10.6 Å². The topological polar surface area (TPSA) is 116 Å². The monoisotopic (exact) mass is 502 g/mol. The van der Waals surface area contributed by atoms with Gasteiger partial charge in [-0.25, -0.2) is 0 Å². The molecule has 0 aromatic rings. The van der Waals surface area contributed by atoms with Crippen molar-refractivity contribution >= 4 is 41.2 Å². The lowest BCUT2D eigenvalue weighted by molar-refractivity contribution is -0.140. The van der Waals surface area contributed by atoms with Gasteiger partial charge >= 0.3 is 0 Å². The van der Waals surface area contributed by atoms with Crippen molar-refractivity contribution in [3.05, 3.63) is 0 Å². The maximum Gasteiger partial charge on any atom is 0.243 e. The van der Waals surface area contributed by atoms with Crippen molar-refractivity contribution in [2.45, 2.75) is 84.4 Å². The normalized spacial score (nSPS) is 15.5. The number of imide groups is 1. The van der Waals surface area contributed by atoms with Crippen LogP contribution in [0.25, 0.3) is 0 Å². The first kappa shape index (κ1) is 34.2. The summed E-state index contributed by atoms with van der Waals surface area (Å²) in [5, 5.41) is 5.37. The Kier molecular flexibility index (Phi) is 20.6. The number of rotatable bonds is 14. The molecule has 10 heteroatoms. The van der Waals surface area contributed by atoms with Crippen molar-refractivity contribution in [3.63, 3.8) is 0 Å². The zero-order valence-corrected chi connectivity index (χ0v) is 23.2. The number of likely N-dealkylation sites (N-methyl/N-ethyl adjacent to an activating group) is 2. The second-order valence-electron chi connectivity index (χ2n) is 7.49. The van der Waals surface area contributed by atoms with Crippen molar-refractivity contribution < 1.29 is 24.0 Å². The third kappa shape index (κ3) is 13.1. The fourth-order valence-electron chi connectivity index (χ4n) is 3.09. The molecular formula is C24H46N4O5S. The van der Waals surface area contributed by atoms with E-state index in [1.54, 1.807) is 14.1 Å². The van der Waals surface area contributed by atoms with Gasteiger partial charge in [0.15, 0.2) is 0 Å². The third-order valence-electron chi connectivity index (χ3n) is 5.01. The number of ketones is 1. The van der Waals surface area contributed by atoms with Crippen LogP contribution in [0, 0.1) is 0 Å². The van der Waals surface area contributed by atoms with E-state index in [-0.39, 0.29) is 47.5 Å². The Morgan fingerprint density at radius 1 is 1.09 bits per heavy atom. The van der Waals surface area contributed by atoms with Crippen LogP contribution >= 0.6 is 11.8 Å². The zero-order chi connectivity index (χ0) is 26.7. The molecule has 0 radical (unpaired) electrons. The molecule has 0 aromatic heterocycles. The summed E-state index contributed by atoms with van der Waals surface area (Å²) < 4.78 is 0. The van der Waals surface area contributed by atoms with Crippen LogP contribution in [0.5, 0.6) is 0 Å². The Morgan fingerprint density at radius 3 is 2.21 bits per heavy atom. The molecule has 9 nitrogen and oxygen atoms in total. The second-order valence-corrected chi connectivity index (χ2v) is 8.80. The van der Waals surface area contributed by atoms with Crippen LogP contribution in [0.3, 0.4) is 0 Å². The lowest BCUT2D eigenvalue weighted by Gasteiger charge is -2.27. The highest BCUT2D eigenvalue weighted by Gasteiger charge is 2.35. The number of thioether (sulfide) groups is 1. The first-order valence-corrected chi connectivity index (χ1v) is 13.3. The number of nitrogens with one attached hydrogen (secondary N) is 2. The van der Waals surface area contributed by atoms with Crippen LogP contribution in [0.2, 0.25) is 0 Å². The minimum atomic E-state index is -0.801. The van der Waals surface area contributed by atoms with Gasteiger partial charge < -0.3 is 15.5 Å². The fraction of sp³-hybridized carbons (Fsp3) is 0.792. The number of likely N-dealkylation sites (tertiary alicyclic amines) is 1. The van der Waals surface area contributed by atoms with E-state index >= 15 is 0 Å². The van der Waals surface area contributed by atoms with Gasteiger partial charge in [-0.05, 0) is 32.6 Å². The largest absolute Gasteiger partial charge is 0.353 e. The number of unbranched alkanes of at least 4 members (excludes halogenated alkanes) is 2. The Hall–Kier alpha value is -1.94. The van der Waals surface area contributed by atoms with Crippen LogP contribution in [-0.2, 0) is 24.0 Å². The van der Waals surface area contributed by atoms with Crippen molar-refractivity contribution in [2.75, 3.05) is 40.0 Å². The van der Waals surface area contributed by atoms with E-state index in [1.165, 1.54) is 35.5 Å². The Labute approximate surface area is 210 Å². The fourth-order valence-corrected chi connectivity index (χ4v) is 4.31. The molecule has 2 atom stereocenters. The first-order valence-electron chi connectivity index (χ1n) is 12.3. The van der Waals surface area contributed by atoms with Gasteiger partial charge in [-0.15, -0.1) is 11.8 Å². The van der Waals surface area contributed by atoms with Crippen molar-refractivity contribution in [1.82, 2.24) is 20.4 Å². The van der Waals surface area contributed by atoms with E-state index in [2.05, 4.69) is 10.6 Å². The van der Waals surface area contributed by atoms with Crippen LogP contribution in [0.4, 0.5) is 0 Å². The van der Waals surface area contributed by atoms with E-state index in [4.69, 9.17) is 0 Å². The molecule has 1 rings (SSSR count). The second kappa shape index (κ2) is 20.4. The van der Waals surface area contributed by atoms with Gasteiger partial charge in [0, 0.05) is 46.4 Å². The highest BCUT2D eigenvalue weighted by molar-refractivity contribution is 8.00. The van der Waals surface area contributed by atoms with Gasteiger partial charge in [0.2, 0.25) is 23.6 Å². The molecule has 34 heavy (non-hydrogen) atoms. The molecule has 198 valence electrons. The molecule has 1 aliphatic rings. The Bertz CT molecular complexity index is 645. The number of hydrogen-bond acceptors (Lipinski definition) is 7. The van der Waals surface area contributed by atoms with E-state index in [9.17, 15) is 24.0 Å². The van der Waals surface area contributed by atoms with Crippen LogP contribution in [0.1, 0.15) is 73.1 Å². The van der Waals surface area contributed by atoms with E-state index in [0.29, 0.717) is 25.9 Å². The average molecular weight is 503 g/mol. The predicted molar refractivity (Wildman–Crippen MR) is 139 cm³/mol. The molecule has 1 heterocycles. The number of carbonyl (C=O) groups excluding carboxylic acids is 5. The molecule has 0 aliphatic carbocycles. The summed E-state index contributed by atoms with van der Waals surface area (Å²) >= 11 is 1.49. The van der Waals surface area contributed by atoms with Gasteiger partial charge in [-0.1, -0.05) is 34.1 Å². The number of carbonyl (C=O) groups is 5. The number of Topliss-reactive ketones (excluding diaryl/α,β-unsaturated/α-hetero) is 1. The van der Waals surface area contributed by atoms with E-state index in [1.807, 2.05) is 27.7 Å². The minimum absolute atomic E-state index is 0.00709. The Morgan fingerprint density at radius 2 is 1.71 bits per heavy atom. The van der Waals surface area contributed by atoms with Gasteiger partial charge in [-0.3, -0.25) is 28.9 Å². The van der Waals surface area contributed by atoms with Crippen molar-refractivity contribution in [1.29, 1.82) is 0 Å². The van der Waals surface area contributed by atoms with E-state index in [0.717, 1.165) is 18.6 Å². The average Bonchev–Trinajstić information content (AvgIpc) is 3.08. The summed E-state index contributed by atoms with van der Waals surface area (Å²) in [7, 11) is 4.84. The highest BCUT2D eigenvalue weighted by atomic mass is 32.2. The van der Waals surface area contributed by atoms with Gasteiger partial charge in [0.05, 0.1) is 5.25 Å². The maximum absolute atomic E-state index is 12.5. The molecule has 2 N–H and O–H groups in total. The molecule has 0 saturated carbocycles. The molecule has 1 fully saturated rings. The van der Waals surface area contributed by atoms with Gasteiger partial charge in [0.1, 0.15) is 11.8 Å². The molecule has 1 unspecified atom stereocenters. The first-order chi connectivity index (χ1) is 16.2. The SMILES string of the molecule is CC.CC.CNCCNC(=O)[C@H](CC(C)=O)N(C)C(=O)CCCCCSC1CC(=O)N(C)C1=O. The summed E-state index contributed by atoms with van der Waals surface area (Å²) in [6, 6.07) is -0.801. The maximum atomic E-state index is 12.5. The minimum Gasteiger partial charge on any atom is -0.353 e.